The van der Waals surface area contributed by atoms with Gasteiger partial charge in [-0.25, -0.2) is 9.97 Å². The van der Waals surface area contributed by atoms with E-state index in [0.717, 1.165) is 0 Å². The molecule has 0 amide bonds. The fourth-order valence-electron chi connectivity index (χ4n) is 1.42. The van der Waals surface area contributed by atoms with Crippen molar-refractivity contribution in [3.05, 3.63) is 18.0 Å². The van der Waals surface area contributed by atoms with Gasteiger partial charge < -0.3 is 15.4 Å². The molecule has 0 aliphatic carbocycles. The van der Waals surface area contributed by atoms with Crippen LogP contribution in [0.3, 0.4) is 0 Å². The minimum Gasteiger partial charge on any atom is -0.383 e. The molecule has 1 rings (SSSR count). The fraction of sp³-hybridized carbons (Fsp3) is 0.545. The van der Waals surface area contributed by atoms with E-state index in [9.17, 15) is 0 Å². The van der Waals surface area contributed by atoms with E-state index in [2.05, 4.69) is 23.8 Å². The first kappa shape index (κ1) is 13.4. The second-order valence-corrected chi connectivity index (χ2v) is 3.94. The number of nitrogens with one attached hydrogen (secondary N) is 1. The van der Waals surface area contributed by atoms with E-state index < -0.39 is 0 Å². The number of aromatic nitrogens is 2. The van der Waals surface area contributed by atoms with Crippen LogP contribution in [-0.4, -0.2) is 42.1 Å². The lowest BCUT2D eigenvalue weighted by Gasteiger charge is -2.26. The molecule has 0 saturated carbocycles. The predicted octanol–water partition coefficient (Wildman–Crippen LogP) is 0.622. The van der Waals surface area contributed by atoms with Gasteiger partial charge in [0.25, 0.3) is 0 Å². The molecule has 17 heavy (non-hydrogen) atoms. The summed E-state index contributed by atoms with van der Waals surface area (Å²) in [6.07, 6.45) is 1.61. The molecule has 0 spiro atoms. The number of rotatable bonds is 6. The first-order valence-corrected chi connectivity index (χ1v) is 5.49. The lowest BCUT2D eigenvalue weighted by Crippen LogP contribution is -2.35. The summed E-state index contributed by atoms with van der Waals surface area (Å²) in [6.45, 7) is 5.42. The normalized spacial score (nSPS) is 10.6. The molecule has 0 unspecified atom stereocenters. The van der Waals surface area contributed by atoms with Crippen LogP contribution in [-0.2, 0) is 4.74 Å². The van der Waals surface area contributed by atoms with Crippen LogP contribution in [0.4, 0.5) is 5.95 Å². The zero-order valence-corrected chi connectivity index (χ0v) is 10.5. The Labute approximate surface area is 101 Å². The summed E-state index contributed by atoms with van der Waals surface area (Å²) in [7, 11) is 1.66. The Balaban J connectivity index is 2.93. The summed E-state index contributed by atoms with van der Waals surface area (Å²) in [5, 5.41) is 7.36. The zero-order valence-electron chi connectivity index (χ0n) is 10.5. The highest BCUT2D eigenvalue weighted by Gasteiger charge is 2.13. The molecule has 0 aliphatic rings. The number of hydrogen-bond acceptors (Lipinski definition) is 5. The number of methoxy groups -OCH3 is 1. The summed E-state index contributed by atoms with van der Waals surface area (Å²) >= 11 is 0. The monoisotopic (exact) mass is 237 g/mol. The predicted molar refractivity (Wildman–Crippen MR) is 67.4 cm³/mol. The fourth-order valence-corrected chi connectivity index (χ4v) is 1.42. The molecule has 0 radical (unpaired) electrons. The Morgan fingerprint density at radius 1 is 1.59 bits per heavy atom. The molecule has 6 heteroatoms. The number of anilines is 1. The first-order valence-electron chi connectivity index (χ1n) is 5.49. The van der Waals surface area contributed by atoms with Crippen LogP contribution in [0.5, 0.6) is 0 Å². The molecule has 0 atom stereocenters. The largest absolute Gasteiger partial charge is 0.383 e. The second kappa shape index (κ2) is 6.15. The Kier molecular flexibility index (Phi) is 4.84. The van der Waals surface area contributed by atoms with Gasteiger partial charge in [0.15, 0.2) is 0 Å². The summed E-state index contributed by atoms with van der Waals surface area (Å²) in [5.41, 5.74) is 5.85. The number of hydrogen-bond donors (Lipinski definition) is 2. The number of nitrogen functional groups attached to an aromatic ring is 1. The maximum atomic E-state index is 7.36. The van der Waals surface area contributed by atoms with Crippen LogP contribution in [0.2, 0.25) is 0 Å². The molecule has 1 aromatic rings. The number of amidine groups is 1. The quantitative estimate of drug-likeness (QED) is 0.559. The average Bonchev–Trinajstić information content (AvgIpc) is 2.29. The van der Waals surface area contributed by atoms with Gasteiger partial charge in [0, 0.05) is 25.9 Å². The lowest BCUT2D eigenvalue weighted by molar-refractivity contribution is 0.203. The first-order chi connectivity index (χ1) is 8.06. The third kappa shape index (κ3) is 3.67. The van der Waals surface area contributed by atoms with E-state index in [1.807, 2.05) is 4.90 Å². The molecule has 0 aliphatic heterocycles. The molecule has 0 bridgehead atoms. The average molecular weight is 237 g/mol. The standard InChI is InChI=1S/C11H19N5O/c1-8(2)16(6-7-17-3)11-14-5-4-9(15-11)10(12)13/h4-5,8H,6-7H2,1-3H3,(H3,12,13). The highest BCUT2D eigenvalue weighted by molar-refractivity contribution is 5.93. The van der Waals surface area contributed by atoms with Crippen LogP contribution in [0.1, 0.15) is 19.5 Å². The third-order valence-corrected chi connectivity index (χ3v) is 2.34. The van der Waals surface area contributed by atoms with Gasteiger partial charge in [-0.3, -0.25) is 5.41 Å². The van der Waals surface area contributed by atoms with Crippen LogP contribution in [0.25, 0.3) is 0 Å². The van der Waals surface area contributed by atoms with Crippen molar-refractivity contribution in [1.29, 1.82) is 5.41 Å². The van der Waals surface area contributed by atoms with Gasteiger partial charge in [0.05, 0.1) is 6.61 Å². The van der Waals surface area contributed by atoms with Crippen LogP contribution in [0, 0.1) is 5.41 Å². The van der Waals surface area contributed by atoms with Gasteiger partial charge in [-0.15, -0.1) is 0 Å². The van der Waals surface area contributed by atoms with Crippen molar-refractivity contribution in [2.75, 3.05) is 25.2 Å². The van der Waals surface area contributed by atoms with E-state index in [4.69, 9.17) is 15.9 Å². The van der Waals surface area contributed by atoms with Crippen molar-refractivity contribution in [1.82, 2.24) is 9.97 Å². The molecule has 1 aromatic heterocycles. The highest BCUT2D eigenvalue weighted by atomic mass is 16.5. The minimum atomic E-state index is -0.0518. The molecule has 3 N–H and O–H groups in total. The van der Waals surface area contributed by atoms with Crippen molar-refractivity contribution in [3.8, 4) is 0 Å². The van der Waals surface area contributed by atoms with Crippen LogP contribution < -0.4 is 10.6 Å². The van der Waals surface area contributed by atoms with E-state index in [1.54, 1.807) is 19.4 Å². The van der Waals surface area contributed by atoms with Crippen molar-refractivity contribution in [2.45, 2.75) is 19.9 Å². The van der Waals surface area contributed by atoms with Gasteiger partial charge in [-0.1, -0.05) is 0 Å². The Hall–Kier alpha value is -1.69. The molecule has 0 aromatic carbocycles. The Morgan fingerprint density at radius 3 is 2.82 bits per heavy atom. The zero-order chi connectivity index (χ0) is 12.8. The highest BCUT2D eigenvalue weighted by Crippen LogP contribution is 2.10. The topological polar surface area (TPSA) is 88.1 Å². The molecule has 0 saturated heterocycles. The maximum Gasteiger partial charge on any atom is 0.226 e. The van der Waals surface area contributed by atoms with Gasteiger partial charge in [-0.2, -0.15) is 0 Å². The van der Waals surface area contributed by atoms with Gasteiger partial charge >= 0.3 is 0 Å². The number of nitrogens with zero attached hydrogens (tertiary/aromatic N) is 3. The summed E-state index contributed by atoms with van der Waals surface area (Å²) in [5.74, 6) is 0.522. The summed E-state index contributed by atoms with van der Waals surface area (Å²) in [6, 6.07) is 1.88. The third-order valence-electron chi connectivity index (χ3n) is 2.34. The molecular formula is C11H19N5O. The smallest absolute Gasteiger partial charge is 0.226 e. The number of ether oxygens (including phenoxy) is 1. The Morgan fingerprint density at radius 2 is 2.29 bits per heavy atom. The van der Waals surface area contributed by atoms with Gasteiger partial charge in [0.2, 0.25) is 5.95 Å². The van der Waals surface area contributed by atoms with Crippen LogP contribution >= 0.6 is 0 Å². The second-order valence-electron chi connectivity index (χ2n) is 3.94. The molecule has 1 heterocycles. The summed E-state index contributed by atoms with van der Waals surface area (Å²) in [4.78, 5) is 10.5. The minimum absolute atomic E-state index is 0.0518. The maximum absolute atomic E-state index is 7.36. The van der Waals surface area contributed by atoms with E-state index in [-0.39, 0.29) is 11.9 Å². The van der Waals surface area contributed by atoms with Crippen molar-refractivity contribution < 1.29 is 4.74 Å². The molecular weight excluding hydrogens is 218 g/mol. The van der Waals surface area contributed by atoms with Crippen molar-refractivity contribution in [3.63, 3.8) is 0 Å². The molecule has 0 fully saturated rings. The Bertz CT molecular complexity index is 380. The molecule has 94 valence electrons. The van der Waals surface area contributed by atoms with Crippen molar-refractivity contribution in [2.24, 2.45) is 5.73 Å². The number of nitrogens with two attached hydrogens (primary N) is 1. The molecule has 6 nitrogen and oxygen atoms in total. The van der Waals surface area contributed by atoms with Gasteiger partial charge in [0.1, 0.15) is 11.5 Å². The van der Waals surface area contributed by atoms with Crippen molar-refractivity contribution >= 4 is 11.8 Å². The lowest BCUT2D eigenvalue weighted by atomic mass is 10.3. The SMILES string of the molecule is COCCN(c1nccc(C(=N)N)n1)C(C)C. The van der Waals surface area contributed by atoms with E-state index in [0.29, 0.717) is 24.8 Å². The van der Waals surface area contributed by atoms with E-state index in [1.165, 1.54) is 0 Å². The summed E-state index contributed by atoms with van der Waals surface area (Å²) < 4.78 is 5.06. The van der Waals surface area contributed by atoms with Gasteiger partial charge in [-0.05, 0) is 19.9 Å². The van der Waals surface area contributed by atoms with E-state index >= 15 is 0 Å². The van der Waals surface area contributed by atoms with Crippen LogP contribution in [0.15, 0.2) is 12.3 Å².